The number of fused-ring (bicyclic) bond motifs is 5. The Hall–Kier alpha value is -6.61. The van der Waals surface area contributed by atoms with Crippen LogP contribution in [-0.2, 0) is 62.0 Å². The van der Waals surface area contributed by atoms with Gasteiger partial charge in [0.2, 0.25) is 17.2 Å². The Morgan fingerprint density at radius 3 is 2.41 bits per heavy atom. The second-order valence-electron chi connectivity index (χ2n) is 21.1. The lowest BCUT2D eigenvalue weighted by atomic mass is 9.81. The molecule has 0 spiro atoms. The van der Waals surface area contributed by atoms with E-state index in [9.17, 15) is 43.3 Å². The molecule has 4 aromatic carbocycles. The molecule has 430 valence electrons. The van der Waals surface area contributed by atoms with Gasteiger partial charge in [0, 0.05) is 76.6 Å². The van der Waals surface area contributed by atoms with Crippen LogP contribution in [0.25, 0.3) is 5.57 Å². The quantitative estimate of drug-likeness (QED) is 0.0449. The van der Waals surface area contributed by atoms with Crippen molar-refractivity contribution in [1.29, 1.82) is 0 Å². The van der Waals surface area contributed by atoms with Gasteiger partial charge in [-0.2, -0.15) is 13.6 Å². The maximum absolute atomic E-state index is 14.0. The SMILES string of the molecule is CC(OC1=NC(N)=NC2C1N=CN2[C@H]1C[C@H](O)[C@@H](COP(=O)(O)OP(=O)(O)OP(=O)(O)O)O1)c1ccc(C#CCNC(=O)c2ccc(C(=O)O)c(C3=c4cc5c6c(c4Oc4c3cc3c7c4CCCN7CCC3)CCC[N+]=6CCC5)c2)cc1. The average Bonchev–Trinajstić information content (AvgIpc) is 1.35. The number of aliphatic hydroxyl groups is 1. The van der Waals surface area contributed by atoms with Crippen LogP contribution < -0.4 is 35.8 Å². The highest BCUT2D eigenvalue weighted by atomic mass is 31.3. The largest absolute Gasteiger partial charge is 0.490 e. The maximum Gasteiger partial charge on any atom is 0.490 e. The van der Waals surface area contributed by atoms with Crippen LogP contribution in [0.4, 0.5) is 5.69 Å². The number of nitrogens with two attached hydrogens (primary N) is 1. The number of rotatable bonds is 14. The van der Waals surface area contributed by atoms with Gasteiger partial charge in [0.1, 0.15) is 43.0 Å². The molecule has 1 fully saturated rings. The molecule has 0 saturated carbocycles. The van der Waals surface area contributed by atoms with Crippen molar-refractivity contribution in [2.45, 2.75) is 101 Å². The lowest BCUT2D eigenvalue weighted by Crippen LogP contribution is -2.48. The minimum absolute atomic E-state index is 0.000606. The number of aliphatic imine (C=N–C) groups is 3. The molecular weight excluding hydrogens is 1130 g/mol. The van der Waals surface area contributed by atoms with Gasteiger partial charge in [0.25, 0.3) is 5.91 Å². The number of hydrogen-bond acceptors (Lipinski definition) is 18. The molecule has 25 nitrogen and oxygen atoms in total. The molecule has 8 aliphatic heterocycles. The van der Waals surface area contributed by atoms with E-state index in [0.29, 0.717) is 16.7 Å². The number of carboxylic acid groups (broad SMARTS) is 1. The van der Waals surface area contributed by atoms with Crippen molar-refractivity contribution >= 4 is 64.8 Å². The van der Waals surface area contributed by atoms with Crippen molar-refractivity contribution in [3.8, 4) is 23.3 Å². The Kier molecular flexibility index (Phi) is 14.9. The number of benzene rings is 4. The Morgan fingerprint density at radius 1 is 0.902 bits per heavy atom. The van der Waals surface area contributed by atoms with Crippen molar-refractivity contribution in [2.75, 3.05) is 44.2 Å². The number of carbonyl (C=O) groups excluding carboxylic acids is 1. The summed E-state index contributed by atoms with van der Waals surface area (Å²) in [5, 5.41) is 26.6. The second kappa shape index (κ2) is 21.9. The highest BCUT2D eigenvalue weighted by Gasteiger charge is 2.48. The molecule has 9 N–H and O–H groups in total. The van der Waals surface area contributed by atoms with E-state index in [1.165, 1.54) is 50.6 Å². The summed E-state index contributed by atoms with van der Waals surface area (Å²) in [4.78, 5) is 81.4. The number of guanidine groups is 1. The molecule has 1 saturated heterocycles. The van der Waals surface area contributed by atoms with E-state index in [1.807, 2.05) is 12.1 Å². The van der Waals surface area contributed by atoms with Gasteiger partial charge in [-0.15, -0.1) is 0 Å². The second-order valence-corrected chi connectivity index (χ2v) is 25.5. The summed E-state index contributed by atoms with van der Waals surface area (Å²) in [6, 6.07) is 15.6. The van der Waals surface area contributed by atoms with Crippen LogP contribution in [0.2, 0.25) is 0 Å². The summed E-state index contributed by atoms with van der Waals surface area (Å²) in [6.07, 6.45) is 3.94. The number of aromatic carboxylic acids is 1. The number of carboxylic acids is 1. The van der Waals surface area contributed by atoms with Gasteiger partial charge in [-0.3, -0.25) is 14.3 Å². The topological polar surface area (TPSA) is 347 Å². The maximum atomic E-state index is 14.0. The zero-order valence-electron chi connectivity index (χ0n) is 44.1. The first-order chi connectivity index (χ1) is 39.2. The number of amides is 1. The normalized spacial score (nSPS) is 23.9. The van der Waals surface area contributed by atoms with Crippen LogP contribution in [0.1, 0.15) is 110 Å². The standard InChI is InChI=1S/C54H57N8O17P3/c1-29(75-52-45-50(58-54(55)59-52)62(28-57-45)43-26-41(63)42(76-43)27-74-81(70,71)79-82(72,73)78-80(67,68)69)31-14-12-30(13-15-31)7-2-18-56-51(64)34-16-17-35(53(65)66)38(25-34)44-39-23-32-8-3-19-60-21-5-10-36(46(32)60)48(39)77-49-37-11-6-22-61-20-4-9-33(47(37)61)24-40(44)49/h12-17,23-25,28-29,41-43,45,50,63H,3-6,8-11,18-22,26-27H2,1H3,(H7-,55,56,58,64,65,66,67,68,69,70,71,72,73)/p+1/t29?,41-,42+,43+,45?,50?/m0/s1. The van der Waals surface area contributed by atoms with E-state index >= 15 is 0 Å². The molecule has 0 aliphatic carbocycles. The van der Waals surface area contributed by atoms with Crippen LogP contribution >= 0.6 is 23.5 Å². The number of carbonyl (C=O) groups is 2. The first-order valence-corrected chi connectivity index (χ1v) is 31.4. The summed E-state index contributed by atoms with van der Waals surface area (Å²) < 4.78 is 68.9. The minimum Gasteiger partial charge on any atom is -0.478 e. The lowest BCUT2D eigenvalue weighted by molar-refractivity contribution is -0.0623. The molecule has 28 heteroatoms. The van der Waals surface area contributed by atoms with E-state index in [4.69, 9.17) is 29.7 Å². The van der Waals surface area contributed by atoms with Gasteiger partial charge in [0.15, 0.2) is 12.2 Å². The van der Waals surface area contributed by atoms with Crippen molar-refractivity contribution < 1.29 is 80.4 Å². The first kappa shape index (κ1) is 55.9. The monoisotopic (exact) mass is 1180 g/mol. The molecule has 5 unspecified atom stereocenters. The van der Waals surface area contributed by atoms with Crippen molar-refractivity contribution in [1.82, 2.24) is 14.8 Å². The molecule has 8 atom stereocenters. The smallest absolute Gasteiger partial charge is 0.478 e. The van der Waals surface area contributed by atoms with Crippen LogP contribution in [-0.4, -0.2) is 135 Å². The number of aryl methyl sites for hydroxylation is 2. The fraction of sp³-hybridized carbons (Fsp3) is 0.407. The van der Waals surface area contributed by atoms with Gasteiger partial charge >= 0.3 is 29.4 Å². The molecule has 82 heavy (non-hydrogen) atoms. The average molecular weight is 1180 g/mol. The summed E-state index contributed by atoms with van der Waals surface area (Å²) in [6.45, 7) is 4.90. The summed E-state index contributed by atoms with van der Waals surface area (Å²) in [5.41, 5.74) is 16.1. The molecular formula is C54H58N8O17P3+. The zero-order valence-corrected chi connectivity index (χ0v) is 46.8. The number of ether oxygens (including phenoxy) is 3. The van der Waals surface area contributed by atoms with E-state index in [0.717, 1.165) is 111 Å². The van der Waals surface area contributed by atoms with Crippen LogP contribution in [0.15, 0.2) is 69.6 Å². The Labute approximate surface area is 468 Å². The third-order valence-corrected chi connectivity index (χ3v) is 19.6. The van der Waals surface area contributed by atoms with E-state index in [-0.39, 0.29) is 30.4 Å². The van der Waals surface area contributed by atoms with E-state index < -0.39 is 78.7 Å². The molecule has 0 radical (unpaired) electrons. The fourth-order valence-electron chi connectivity index (χ4n) is 12.3. The van der Waals surface area contributed by atoms with Gasteiger partial charge in [-0.1, -0.05) is 24.0 Å². The fourth-order valence-corrected chi connectivity index (χ4v) is 15.4. The Morgan fingerprint density at radius 2 is 1.65 bits per heavy atom. The molecule has 8 aliphatic rings. The minimum atomic E-state index is -5.76. The molecule has 0 aromatic heterocycles. The van der Waals surface area contributed by atoms with E-state index in [1.54, 1.807) is 31.2 Å². The molecule has 8 heterocycles. The number of anilines is 1. The Bertz CT molecular complexity index is 3800. The van der Waals surface area contributed by atoms with Gasteiger partial charge in [-0.25, -0.2) is 28.1 Å². The molecule has 4 aromatic rings. The number of phosphoric acid groups is 3. The summed E-state index contributed by atoms with van der Waals surface area (Å²) >= 11 is 0. The number of aliphatic hydroxyl groups excluding tert-OH is 1. The third kappa shape index (κ3) is 11.1. The number of hydrogen-bond donors (Lipinski definition) is 8. The zero-order chi connectivity index (χ0) is 57.4. The van der Waals surface area contributed by atoms with Gasteiger partial charge < -0.3 is 64.8 Å². The number of nitrogens with one attached hydrogen (secondary N) is 1. The lowest BCUT2D eigenvalue weighted by Gasteiger charge is -2.39. The number of nitrogens with zero attached hydrogens (tertiary/aromatic N) is 6. The number of phosphoric ester groups is 1. The molecule has 0 bridgehead atoms. The highest BCUT2D eigenvalue weighted by Crippen LogP contribution is 2.66. The molecule has 1 amide bonds. The van der Waals surface area contributed by atoms with Crippen LogP contribution in [0, 0.1) is 11.8 Å². The predicted octanol–water partition coefficient (Wildman–Crippen LogP) is 3.26. The highest BCUT2D eigenvalue weighted by molar-refractivity contribution is 7.66. The summed E-state index contributed by atoms with van der Waals surface area (Å²) in [5.74, 6) is 6.20. The van der Waals surface area contributed by atoms with Gasteiger partial charge in [-0.05, 0) is 105 Å². The summed E-state index contributed by atoms with van der Waals surface area (Å²) in [7, 11) is -16.8. The third-order valence-electron chi connectivity index (χ3n) is 15.8. The van der Waals surface area contributed by atoms with Crippen molar-refractivity contribution in [3.63, 3.8) is 0 Å². The van der Waals surface area contributed by atoms with Crippen LogP contribution in [0.3, 0.4) is 0 Å². The van der Waals surface area contributed by atoms with E-state index in [2.05, 4.69) is 66.9 Å². The Balaban J connectivity index is 0.716. The van der Waals surface area contributed by atoms with Crippen molar-refractivity contribution in [2.24, 2.45) is 20.7 Å². The van der Waals surface area contributed by atoms with Crippen LogP contribution in [0.5, 0.6) is 11.5 Å². The van der Waals surface area contributed by atoms with Crippen molar-refractivity contribution in [3.05, 3.63) is 121 Å². The predicted molar refractivity (Wildman–Crippen MR) is 295 cm³/mol. The first-order valence-electron chi connectivity index (χ1n) is 26.9. The molecule has 12 rings (SSSR count). The van der Waals surface area contributed by atoms with Gasteiger partial charge in [0.05, 0.1) is 36.7 Å².